The summed E-state index contributed by atoms with van der Waals surface area (Å²) in [4.78, 5) is 4.38. The van der Waals surface area contributed by atoms with Crippen LogP contribution >= 0.6 is 0 Å². The summed E-state index contributed by atoms with van der Waals surface area (Å²) >= 11 is 0. The Hall–Kier alpha value is -0.530. The van der Waals surface area contributed by atoms with E-state index in [-0.39, 0.29) is 0 Å². The van der Waals surface area contributed by atoms with E-state index in [9.17, 15) is 0 Å². The fraction of sp³-hybridized carbons (Fsp3) is 0.900. The number of rotatable bonds is 0. The predicted octanol–water partition coefficient (Wildman–Crippen LogP) is 2.49. The molecule has 0 N–H and O–H groups in total. The summed E-state index contributed by atoms with van der Waals surface area (Å²) in [5.74, 6) is 2.46. The highest BCUT2D eigenvalue weighted by Gasteiger charge is 2.16. The van der Waals surface area contributed by atoms with Crippen LogP contribution in [0.5, 0.6) is 0 Å². The van der Waals surface area contributed by atoms with Crippen LogP contribution in [0.2, 0.25) is 0 Å². The Balaban J connectivity index is 2.56. The molecule has 2 atom stereocenters. The molecule has 0 aliphatic carbocycles. The largest absolute Gasteiger partial charge is 0.484 e. The van der Waals surface area contributed by atoms with Gasteiger partial charge in [0.05, 0.1) is 7.11 Å². The van der Waals surface area contributed by atoms with Crippen LogP contribution in [0.1, 0.15) is 33.1 Å². The van der Waals surface area contributed by atoms with Gasteiger partial charge in [0.2, 0.25) is 0 Å². The first-order valence-electron chi connectivity index (χ1n) is 4.81. The molecule has 0 aromatic carbocycles. The Morgan fingerprint density at radius 1 is 1.33 bits per heavy atom. The maximum Gasteiger partial charge on any atom is 0.183 e. The fourth-order valence-corrected chi connectivity index (χ4v) is 1.59. The van der Waals surface area contributed by atoms with Crippen LogP contribution in [0.15, 0.2) is 4.99 Å². The van der Waals surface area contributed by atoms with Gasteiger partial charge < -0.3 is 4.74 Å². The third-order valence-electron chi connectivity index (χ3n) is 2.81. The number of methoxy groups -OCH3 is 1. The molecule has 70 valence electrons. The van der Waals surface area contributed by atoms with E-state index in [0.29, 0.717) is 5.92 Å². The summed E-state index contributed by atoms with van der Waals surface area (Å²) in [7, 11) is 1.72. The van der Waals surface area contributed by atoms with Gasteiger partial charge in [-0.2, -0.15) is 0 Å². The smallest absolute Gasteiger partial charge is 0.183 e. The second kappa shape index (κ2) is 4.48. The Morgan fingerprint density at radius 2 is 2.08 bits per heavy atom. The van der Waals surface area contributed by atoms with E-state index in [1.165, 1.54) is 12.8 Å². The standard InChI is InChI=1S/C10H19NO/c1-8-5-4-6-11-10(12-3)7-9(8)2/h8-9H,4-7H2,1-3H3/t8-,9+/m0/s1. The van der Waals surface area contributed by atoms with E-state index >= 15 is 0 Å². The molecule has 2 heteroatoms. The van der Waals surface area contributed by atoms with E-state index < -0.39 is 0 Å². The molecule has 12 heavy (non-hydrogen) atoms. The molecular weight excluding hydrogens is 150 g/mol. The van der Waals surface area contributed by atoms with Crippen molar-refractivity contribution in [1.29, 1.82) is 0 Å². The monoisotopic (exact) mass is 169 g/mol. The van der Waals surface area contributed by atoms with Crippen LogP contribution in [0.3, 0.4) is 0 Å². The molecule has 0 aromatic rings. The lowest BCUT2D eigenvalue weighted by Gasteiger charge is -2.22. The van der Waals surface area contributed by atoms with Gasteiger partial charge in [0.1, 0.15) is 0 Å². The molecule has 0 bridgehead atoms. The van der Waals surface area contributed by atoms with Crippen molar-refractivity contribution in [3.8, 4) is 0 Å². The van der Waals surface area contributed by atoms with Crippen LogP contribution in [0.25, 0.3) is 0 Å². The zero-order chi connectivity index (χ0) is 8.97. The molecule has 0 saturated carbocycles. The van der Waals surface area contributed by atoms with E-state index in [0.717, 1.165) is 24.8 Å². The summed E-state index contributed by atoms with van der Waals surface area (Å²) in [5, 5.41) is 0. The van der Waals surface area contributed by atoms with E-state index in [1.807, 2.05) is 0 Å². The maximum atomic E-state index is 5.20. The highest BCUT2D eigenvalue weighted by Crippen LogP contribution is 2.22. The molecule has 1 rings (SSSR count). The number of nitrogens with zero attached hydrogens (tertiary/aromatic N) is 1. The third-order valence-corrected chi connectivity index (χ3v) is 2.81. The molecule has 0 unspecified atom stereocenters. The molecule has 0 spiro atoms. The summed E-state index contributed by atoms with van der Waals surface area (Å²) in [6.07, 6.45) is 3.53. The molecule has 0 aromatic heterocycles. The number of hydrogen-bond donors (Lipinski definition) is 0. The summed E-state index contributed by atoms with van der Waals surface area (Å²) < 4.78 is 5.20. The second-order valence-electron chi connectivity index (χ2n) is 3.78. The third kappa shape index (κ3) is 2.50. The van der Waals surface area contributed by atoms with Crippen LogP contribution in [-0.4, -0.2) is 19.6 Å². The Kier molecular flexibility index (Phi) is 3.57. The van der Waals surface area contributed by atoms with Crippen molar-refractivity contribution in [3.63, 3.8) is 0 Å². The molecule has 1 heterocycles. The van der Waals surface area contributed by atoms with Gasteiger partial charge in [-0.05, 0) is 24.7 Å². The first-order chi connectivity index (χ1) is 5.74. The highest BCUT2D eigenvalue weighted by molar-refractivity contribution is 5.76. The first-order valence-corrected chi connectivity index (χ1v) is 4.81. The highest BCUT2D eigenvalue weighted by atomic mass is 16.5. The summed E-state index contributed by atoms with van der Waals surface area (Å²) in [6, 6.07) is 0. The Morgan fingerprint density at radius 3 is 2.75 bits per heavy atom. The minimum absolute atomic E-state index is 0.712. The van der Waals surface area contributed by atoms with E-state index in [4.69, 9.17) is 4.74 Å². The molecule has 0 saturated heterocycles. The van der Waals surface area contributed by atoms with Crippen molar-refractivity contribution in [2.45, 2.75) is 33.1 Å². The van der Waals surface area contributed by atoms with Crippen LogP contribution in [0.4, 0.5) is 0 Å². The number of ether oxygens (including phenoxy) is 1. The molecule has 1 aliphatic rings. The zero-order valence-electron chi connectivity index (χ0n) is 8.34. The minimum atomic E-state index is 0.712. The lowest BCUT2D eigenvalue weighted by Crippen LogP contribution is -2.17. The molecular formula is C10H19NO. The van der Waals surface area contributed by atoms with Crippen molar-refractivity contribution in [2.24, 2.45) is 16.8 Å². The average molecular weight is 169 g/mol. The van der Waals surface area contributed by atoms with Gasteiger partial charge in [0.15, 0.2) is 5.90 Å². The quantitative estimate of drug-likeness (QED) is 0.546. The molecule has 0 radical (unpaired) electrons. The van der Waals surface area contributed by atoms with Crippen molar-refractivity contribution in [2.75, 3.05) is 13.7 Å². The van der Waals surface area contributed by atoms with Gasteiger partial charge in [-0.25, -0.2) is 0 Å². The van der Waals surface area contributed by atoms with Gasteiger partial charge in [-0.3, -0.25) is 4.99 Å². The molecule has 0 amide bonds. The molecule has 2 nitrogen and oxygen atoms in total. The maximum absolute atomic E-state index is 5.20. The van der Waals surface area contributed by atoms with Gasteiger partial charge >= 0.3 is 0 Å². The normalized spacial score (nSPS) is 31.8. The van der Waals surface area contributed by atoms with E-state index in [2.05, 4.69) is 18.8 Å². The lowest BCUT2D eigenvalue weighted by atomic mass is 9.88. The second-order valence-corrected chi connectivity index (χ2v) is 3.78. The summed E-state index contributed by atoms with van der Waals surface area (Å²) in [6.45, 7) is 5.55. The van der Waals surface area contributed by atoms with Gasteiger partial charge in [-0.1, -0.05) is 13.8 Å². The van der Waals surface area contributed by atoms with Crippen LogP contribution < -0.4 is 0 Å². The predicted molar refractivity (Wildman–Crippen MR) is 51.5 cm³/mol. The number of hydrogen-bond acceptors (Lipinski definition) is 2. The molecule has 0 fully saturated rings. The average Bonchev–Trinajstić information content (AvgIpc) is 2.06. The van der Waals surface area contributed by atoms with Gasteiger partial charge in [0, 0.05) is 13.0 Å². The molecule has 1 aliphatic heterocycles. The Bertz CT molecular complexity index is 165. The zero-order valence-corrected chi connectivity index (χ0v) is 8.34. The van der Waals surface area contributed by atoms with Crippen molar-refractivity contribution >= 4 is 5.90 Å². The first kappa shape index (κ1) is 9.56. The van der Waals surface area contributed by atoms with Gasteiger partial charge in [-0.15, -0.1) is 0 Å². The lowest BCUT2D eigenvalue weighted by molar-refractivity contribution is 0.316. The Labute approximate surface area is 75.0 Å². The van der Waals surface area contributed by atoms with E-state index in [1.54, 1.807) is 7.11 Å². The minimum Gasteiger partial charge on any atom is -0.484 e. The number of aliphatic imine (C=N–C) groups is 1. The topological polar surface area (TPSA) is 21.6 Å². The van der Waals surface area contributed by atoms with Crippen molar-refractivity contribution in [3.05, 3.63) is 0 Å². The van der Waals surface area contributed by atoms with Gasteiger partial charge in [0.25, 0.3) is 0 Å². The fourth-order valence-electron chi connectivity index (χ4n) is 1.59. The van der Waals surface area contributed by atoms with Crippen LogP contribution in [0, 0.1) is 11.8 Å². The van der Waals surface area contributed by atoms with Crippen molar-refractivity contribution < 1.29 is 4.74 Å². The SMILES string of the molecule is COC1=NCCC[C@H](C)[C@H](C)C1. The summed E-state index contributed by atoms with van der Waals surface area (Å²) in [5.41, 5.74) is 0. The van der Waals surface area contributed by atoms with Crippen LogP contribution in [-0.2, 0) is 4.74 Å². The van der Waals surface area contributed by atoms with Crippen molar-refractivity contribution in [1.82, 2.24) is 0 Å².